The molecule has 0 amide bonds. The van der Waals surface area contributed by atoms with Gasteiger partial charge >= 0.3 is 0 Å². The lowest BCUT2D eigenvalue weighted by Crippen LogP contribution is -2.55. The molecule has 1 rings (SSSR count). The van der Waals surface area contributed by atoms with E-state index in [0.717, 1.165) is 18.5 Å². The molecule has 1 aliphatic rings. The highest BCUT2D eigenvalue weighted by Crippen LogP contribution is 2.12. The second-order valence-electron chi connectivity index (χ2n) is 4.06. The third-order valence-electron chi connectivity index (χ3n) is 2.57. The van der Waals surface area contributed by atoms with E-state index in [-0.39, 0.29) is 0 Å². The maximum absolute atomic E-state index is 3.50. The summed E-state index contributed by atoms with van der Waals surface area (Å²) >= 11 is 0. The molecule has 0 aromatic carbocycles. The van der Waals surface area contributed by atoms with Gasteiger partial charge in [-0.1, -0.05) is 13.8 Å². The summed E-state index contributed by atoms with van der Waals surface area (Å²) in [5, 5.41) is 3.50. The molecule has 1 aliphatic heterocycles. The Bertz CT molecular complexity index is 123. The number of nitrogens with zero attached hydrogens (tertiary/aromatic N) is 1. The minimum Gasteiger partial charge on any atom is -0.311 e. The fourth-order valence-corrected chi connectivity index (χ4v) is 1.85. The van der Waals surface area contributed by atoms with Crippen LogP contribution in [0.15, 0.2) is 0 Å². The Morgan fingerprint density at radius 1 is 1.45 bits per heavy atom. The Balaban J connectivity index is 2.44. The molecule has 1 fully saturated rings. The normalized spacial score (nSPS) is 34.6. The summed E-state index contributed by atoms with van der Waals surface area (Å²) < 4.78 is 0. The molecule has 2 atom stereocenters. The highest BCUT2D eigenvalue weighted by Gasteiger charge is 2.24. The van der Waals surface area contributed by atoms with Crippen molar-refractivity contribution in [3.63, 3.8) is 0 Å². The van der Waals surface area contributed by atoms with E-state index in [1.165, 1.54) is 6.54 Å². The van der Waals surface area contributed by atoms with Crippen molar-refractivity contribution in [2.24, 2.45) is 5.92 Å². The fourth-order valence-electron chi connectivity index (χ4n) is 1.85. The molecule has 0 unspecified atom stereocenters. The minimum absolute atomic E-state index is 0.662. The molecule has 1 N–H and O–H groups in total. The van der Waals surface area contributed by atoms with Crippen molar-refractivity contribution >= 4 is 0 Å². The summed E-state index contributed by atoms with van der Waals surface area (Å²) in [6, 6.07) is 1.39. The molecule has 2 heteroatoms. The number of hydrogen-bond donors (Lipinski definition) is 1. The van der Waals surface area contributed by atoms with E-state index in [1.54, 1.807) is 0 Å². The van der Waals surface area contributed by atoms with Crippen molar-refractivity contribution in [3.05, 3.63) is 0 Å². The van der Waals surface area contributed by atoms with Crippen LogP contribution >= 0.6 is 0 Å². The molecule has 0 spiro atoms. The zero-order valence-electron chi connectivity index (χ0n) is 8.09. The molecule has 0 aromatic rings. The molecule has 66 valence electrons. The van der Waals surface area contributed by atoms with Crippen molar-refractivity contribution in [1.29, 1.82) is 0 Å². The van der Waals surface area contributed by atoms with Gasteiger partial charge in [0.1, 0.15) is 0 Å². The smallest absolute Gasteiger partial charge is 0.0241 e. The maximum atomic E-state index is 3.50. The van der Waals surface area contributed by atoms with E-state index in [1.807, 2.05) is 0 Å². The highest BCUT2D eigenvalue weighted by atomic mass is 15.2. The largest absolute Gasteiger partial charge is 0.311 e. The van der Waals surface area contributed by atoms with Crippen molar-refractivity contribution in [2.75, 3.05) is 20.1 Å². The molecule has 11 heavy (non-hydrogen) atoms. The van der Waals surface area contributed by atoms with E-state index >= 15 is 0 Å². The van der Waals surface area contributed by atoms with Gasteiger partial charge in [-0.05, 0) is 19.9 Å². The number of likely N-dealkylation sites (N-methyl/N-ethyl adjacent to an activating group) is 1. The zero-order valence-corrected chi connectivity index (χ0v) is 8.09. The van der Waals surface area contributed by atoms with Crippen LogP contribution in [0.4, 0.5) is 0 Å². The van der Waals surface area contributed by atoms with Crippen LogP contribution in [0.2, 0.25) is 0 Å². The van der Waals surface area contributed by atoms with Crippen LogP contribution in [0.5, 0.6) is 0 Å². The van der Waals surface area contributed by atoms with Gasteiger partial charge in [0.15, 0.2) is 0 Å². The summed E-state index contributed by atoms with van der Waals surface area (Å²) in [4.78, 5) is 2.46. The Morgan fingerprint density at radius 2 is 2.09 bits per heavy atom. The Labute approximate surface area is 70.0 Å². The van der Waals surface area contributed by atoms with Crippen LogP contribution in [-0.4, -0.2) is 37.1 Å². The van der Waals surface area contributed by atoms with Gasteiger partial charge in [-0.2, -0.15) is 0 Å². The number of hydrogen-bond acceptors (Lipinski definition) is 2. The first-order valence-corrected chi connectivity index (χ1v) is 4.55. The predicted octanol–water partition coefficient (Wildman–Crippen LogP) is 0.935. The molecule has 0 radical (unpaired) electrons. The molecule has 1 saturated heterocycles. The first-order chi connectivity index (χ1) is 5.11. The van der Waals surface area contributed by atoms with Crippen molar-refractivity contribution < 1.29 is 0 Å². The second kappa shape index (κ2) is 3.55. The lowest BCUT2D eigenvalue weighted by Gasteiger charge is -2.39. The first kappa shape index (κ1) is 9.01. The molecular formula is C9H20N2. The number of rotatable bonds is 1. The SMILES string of the molecule is CC(C)[C@H]1CN[C@@H](C)CN1C. The van der Waals surface area contributed by atoms with E-state index in [2.05, 4.69) is 38.0 Å². The van der Waals surface area contributed by atoms with Crippen molar-refractivity contribution in [3.8, 4) is 0 Å². The Morgan fingerprint density at radius 3 is 2.55 bits per heavy atom. The van der Waals surface area contributed by atoms with Crippen LogP contribution in [0.1, 0.15) is 20.8 Å². The molecule has 0 aliphatic carbocycles. The monoisotopic (exact) mass is 156 g/mol. The lowest BCUT2D eigenvalue weighted by molar-refractivity contribution is 0.133. The van der Waals surface area contributed by atoms with Gasteiger partial charge in [0.25, 0.3) is 0 Å². The molecule has 0 aromatic heterocycles. The van der Waals surface area contributed by atoms with E-state index < -0.39 is 0 Å². The topological polar surface area (TPSA) is 15.3 Å². The molecule has 2 nitrogen and oxygen atoms in total. The van der Waals surface area contributed by atoms with Gasteiger partial charge in [0.2, 0.25) is 0 Å². The first-order valence-electron chi connectivity index (χ1n) is 4.55. The second-order valence-corrected chi connectivity index (χ2v) is 4.06. The van der Waals surface area contributed by atoms with Crippen LogP contribution in [0.25, 0.3) is 0 Å². The molecule has 0 bridgehead atoms. The van der Waals surface area contributed by atoms with Gasteiger partial charge in [0.05, 0.1) is 0 Å². The van der Waals surface area contributed by atoms with Gasteiger partial charge in [0, 0.05) is 25.2 Å². The zero-order chi connectivity index (χ0) is 8.43. The van der Waals surface area contributed by atoms with E-state index in [9.17, 15) is 0 Å². The summed E-state index contributed by atoms with van der Waals surface area (Å²) in [7, 11) is 2.22. The summed E-state index contributed by atoms with van der Waals surface area (Å²) in [6.45, 7) is 9.16. The van der Waals surface area contributed by atoms with Crippen LogP contribution in [-0.2, 0) is 0 Å². The average Bonchev–Trinajstić information content (AvgIpc) is 1.85. The Hall–Kier alpha value is -0.0800. The van der Waals surface area contributed by atoms with Crippen molar-refractivity contribution in [2.45, 2.75) is 32.9 Å². The summed E-state index contributed by atoms with van der Waals surface area (Å²) in [5.74, 6) is 0.764. The van der Waals surface area contributed by atoms with Crippen molar-refractivity contribution in [1.82, 2.24) is 10.2 Å². The average molecular weight is 156 g/mol. The quantitative estimate of drug-likeness (QED) is 0.607. The highest BCUT2D eigenvalue weighted by molar-refractivity contribution is 4.83. The van der Waals surface area contributed by atoms with Crippen LogP contribution in [0.3, 0.4) is 0 Å². The third kappa shape index (κ3) is 2.17. The van der Waals surface area contributed by atoms with E-state index in [4.69, 9.17) is 0 Å². The Kier molecular flexibility index (Phi) is 2.90. The molecule has 0 saturated carbocycles. The van der Waals surface area contributed by atoms with E-state index in [0.29, 0.717) is 6.04 Å². The third-order valence-corrected chi connectivity index (χ3v) is 2.57. The van der Waals surface area contributed by atoms with Gasteiger partial charge in [-0.15, -0.1) is 0 Å². The standard InChI is InChI=1S/C9H20N2/c1-7(2)9-5-10-8(3)6-11(9)4/h7-10H,5-6H2,1-4H3/t8-,9+/m0/s1. The fraction of sp³-hybridized carbons (Fsp3) is 1.00. The van der Waals surface area contributed by atoms with Crippen LogP contribution < -0.4 is 5.32 Å². The van der Waals surface area contributed by atoms with Gasteiger partial charge < -0.3 is 10.2 Å². The predicted molar refractivity (Wildman–Crippen MR) is 48.7 cm³/mol. The maximum Gasteiger partial charge on any atom is 0.0241 e. The van der Waals surface area contributed by atoms with Crippen LogP contribution in [0, 0.1) is 5.92 Å². The summed E-state index contributed by atoms with van der Waals surface area (Å²) in [5.41, 5.74) is 0. The summed E-state index contributed by atoms with van der Waals surface area (Å²) in [6.07, 6.45) is 0. The van der Waals surface area contributed by atoms with Gasteiger partial charge in [-0.25, -0.2) is 0 Å². The lowest BCUT2D eigenvalue weighted by atomic mass is 10.00. The minimum atomic E-state index is 0.662. The number of piperazine rings is 1. The molecule has 1 heterocycles. The molecular weight excluding hydrogens is 136 g/mol. The number of nitrogens with one attached hydrogen (secondary N) is 1. The van der Waals surface area contributed by atoms with Gasteiger partial charge in [-0.3, -0.25) is 0 Å².